The molecule has 0 unspecified atom stereocenters. The molecule has 0 aliphatic carbocycles. The Bertz CT molecular complexity index is 1270. The molecule has 2 heterocycles. The van der Waals surface area contributed by atoms with Crippen molar-refractivity contribution in [1.29, 1.82) is 0 Å². The summed E-state index contributed by atoms with van der Waals surface area (Å²) in [5.74, 6) is 0.286. The molecule has 0 atom stereocenters. The molecule has 4 rings (SSSR count). The molecule has 140 valence electrons. The maximum Gasteiger partial charge on any atom is 0.266 e. The third-order valence-corrected chi connectivity index (χ3v) is 5.98. The van der Waals surface area contributed by atoms with E-state index in [1.54, 1.807) is 6.92 Å². The second-order valence-corrected chi connectivity index (χ2v) is 7.73. The number of amides is 1. The number of anilines is 1. The number of carbonyl (C=O) groups is 1. The number of nitrogens with one attached hydrogen (secondary N) is 2. The van der Waals surface area contributed by atoms with Crippen molar-refractivity contribution in [1.82, 2.24) is 9.97 Å². The molecule has 0 saturated carbocycles. The van der Waals surface area contributed by atoms with E-state index in [0.29, 0.717) is 26.5 Å². The molecule has 0 saturated heterocycles. The summed E-state index contributed by atoms with van der Waals surface area (Å²) in [5, 5.41) is 3.40. The number of nitrogens with zero attached hydrogens (tertiary/aromatic N) is 1. The van der Waals surface area contributed by atoms with E-state index < -0.39 is 0 Å². The van der Waals surface area contributed by atoms with E-state index in [4.69, 9.17) is 0 Å². The third-order valence-electron chi connectivity index (χ3n) is 4.80. The number of aryl methyl sites for hydroxylation is 3. The Morgan fingerprint density at radius 3 is 2.39 bits per heavy atom. The number of hydrogen-bond acceptors (Lipinski definition) is 4. The molecule has 0 bridgehead atoms. The van der Waals surface area contributed by atoms with E-state index in [2.05, 4.69) is 15.3 Å². The summed E-state index contributed by atoms with van der Waals surface area (Å²) in [6.07, 6.45) is 0. The Labute approximate surface area is 166 Å². The average Bonchev–Trinajstić information content (AvgIpc) is 3.01. The Balaban J connectivity index is 1.79. The molecule has 1 amide bonds. The second kappa shape index (κ2) is 7.05. The van der Waals surface area contributed by atoms with Gasteiger partial charge in [-0.25, -0.2) is 4.98 Å². The number of thiophene rings is 1. The number of rotatable bonds is 3. The molecule has 2 aromatic heterocycles. The van der Waals surface area contributed by atoms with Crippen LogP contribution in [0.1, 0.15) is 26.4 Å². The highest BCUT2D eigenvalue weighted by Crippen LogP contribution is 2.30. The van der Waals surface area contributed by atoms with Gasteiger partial charge in [-0.05, 0) is 43.5 Å². The van der Waals surface area contributed by atoms with E-state index in [1.165, 1.54) is 11.3 Å². The standard InChI is InChI=1S/C22H19N3O2S/c1-12-8-4-6-10-15(12)19-24-20(26)17-14(3)18(28-22(17)25-19)21(27)23-16-11-7-5-9-13(16)2/h4-11H,1-3H3,(H,23,27)(H,24,25,26). The van der Waals surface area contributed by atoms with Crippen LogP contribution in [-0.2, 0) is 0 Å². The monoisotopic (exact) mass is 389 g/mol. The maximum absolute atomic E-state index is 12.8. The number of hydrogen-bond donors (Lipinski definition) is 2. The highest BCUT2D eigenvalue weighted by Gasteiger charge is 2.20. The fraction of sp³-hybridized carbons (Fsp3) is 0.136. The molecule has 0 radical (unpaired) electrons. The van der Waals surface area contributed by atoms with Crippen LogP contribution in [0.25, 0.3) is 21.6 Å². The second-order valence-electron chi connectivity index (χ2n) is 6.73. The van der Waals surface area contributed by atoms with Gasteiger partial charge in [0.2, 0.25) is 0 Å². The smallest absolute Gasteiger partial charge is 0.266 e. The first-order valence-corrected chi connectivity index (χ1v) is 9.73. The van der Waals surface area contributed by atoms with Gasteiger partial charge in [-0.15, -0.1) is 11.3 Å². The van der Waals surface area contributed by atoms with Crippen LogP contribution in [0.2, 0.25) is 0 Å². The van der Waals surface area contributed by atoms with Gasteiger partial charge < -0.3 is 10.3 Å². The minimum atomic E-state index is -0.230. The van der Waals surface area contributed by atoms with Crippen molar-refractivity contribution in [3.63, 3.8) is 0 Å². The Kier molecular flexibility index (Phi) is 4.57. The zero-order valence-corrected chi connectivity index (χ0v) is 16.6. The lowest BCUT2D eigenvalue weighted by atomic mass is 10.1. The van der Waals surface area contributed by atoms with E-state index in [9.17, 15) is 9.59 Å². The predicted molar refractivity (Wildman–Crippen MR) is 114 cm³/mol. The number of carbonyl (C=O) groups excluding carboxylic acids is 1. The molecule has 2 aromatic carbocycles. The highest BCUT2D eigenvalue weighted by molar-refractivity contribution is 7.20. The van der Waals surface area contributed by atoms with Crippen molar-refractivity contribution in [3.05, 3.63) is 80.5 Å². The quantitative estimate of drug-likeness (QED) is 0.527. The molecule has 0 fully saturated rings. The van der Waals surface area contributed by atoms with Crippen molar-refractivity contribution in [2.45, 2.75) is 20.8 Å². The van der Waals surface area contributed by atoms with E-state index in [0.717, 1.165) is 22.4 Å². The minimum absolute atomic E-state index is 0.230. The Morgan fingerprint density at radius 2 is 1.68 bits per heavy atom. The molecule has 6 heteroatoms. The van der Waals surface area contributed by atoms with Gasteiger partial charge in [0.25, 0.3) is 11.5 Å². The highest BCUT2D eigenvalue weighted by atomic mass is 32.1. The minimum Gasteiger partial charge on any atom is -0.321 e. The summed E-state index contributed by atoms with van der Waals surface area (Å²) in [5.41, 5.74) is 4.05. The Morgan fingerprint density at radius 1 is 1.00 bits per heavy atom. The van der Waals surface area contributed by atoms with Crippen molar-refractivity contribution < 1.29 is 4.79 Å². The summed E-state index contributed by atoms with van der Waals surface area (Å²) in [4.78, 5) is 34.1. The SMILES string of the molecule is Cc1ccccc1NC(=O)c1sc2nc(-c3ccccc3C)[nH]c(=O)c2c1C. The third kappa shape index (κ3) is 3.12. The molecule has 4 aromatic rings. The van der Waals surface area contributed by atoms with Crippen LogP contribution < -0.4 is 10.9 Å². The lowest BCUT2D eigenvalue weighted by Crippen LogP contribution is -2.13. The van der Waals surface area contributed by atoms with Crippen molar-refractivity contribution in [2.24, 2.45) is 0 Å². The molecule has 0 aliphatic rings. The fourth-order valence-electron chi connectivity index (χ4n) is 3.22. The molecule has 28 heavy (non-hydrogen) atoms. The Hall–Kier alpha value is -3.25. The fourth-order valence-corrected chi connectivity index (χ4v) is 4.30. The first kappa shape index (κ1) is 18.1. The van der Waals surface area contributed by atoms with E-state index >= 15 is 0 Å². The van der Waals surface area contributed by atoms with Crippen molar-refractivity contribution in [3.8, 4) is 11.4 Å². The van der Waals surface area contributed by atoms with E-state index in [-0.39, 0.29) is 11.5 Å². The predicted octanol–water partition coefficient (Wildman–Crippen LogP) is 4.83. The van der Waals surface area contributed by atoms with Crippen LogP contribution in [0.4, 0.5) is 5.69 Å². The van der Waals surface area contributed by atoms with Gasteiger partial charge in [0.1, 0.15) is 10.7 Å². The van der Waals surface area contributed by atoms with Crippen LogP contribution in [0.15, 0.2) is 53.3 Å². The van der Waals surface area contributed by atoms with Crippen molar-refractivity contribution in [2.75, 3.05) is 5.32 Å². The first-order valence-electron chi connectivity index (χ1n) is 8.92. The summed E-state index contributed by atoms with van der Waals surface area (Å²) in [7, 11) is 0. The zero-order valence-electron chi connectivity index (χ0n) is 15.8. The van der Waals surface area contributed by atoms with Crippen LogP contribution in [0.5, 0.6) is 0 Å². The van der Waals surface area contributed by atoms with Crippen molar-refractivity contribution >= 4 is 33.1 Å². The normalized spacial score (nSPS) is 11.0. The topological polar surface area (TPSA) is 74.8 Å². The van der Waals surface area contributed by atoms with Crippen LogP contribution in [-0.4, -0.2) is 15.9 Å². The van der Waals surface area contributed by atoms with Gasteiger partial charge in [0, 0.05) is 11.3 Å². The summed E-state index contributed by atoms with van der Waals surface area (Å²) in [6.45, 7) is 5.70. The van der Waals surface area contributed by atoms with Gasteiger partial charge in [0.15, 0.2) is 0 Å². The zero-order chi connectivity index (χ0) is 19.8. The van der Waals surface area contributed by atoms with Gasteiger partial charge in [-0.1, -0.05) is 42.5 Å². The lowest BCUT2D eigenvalue weighted by molar-refractivity contribution is 0.103. The van der Waals surface area contributed by atoms with Gasteiger partial charge >= 0.3 is 0 Å². The van der Waals surface area contributed by atoms with Gasteiger partial charge in [-0.2, -0.15) is 0 Å². The number of para-hydroxylation sites is 1. The first-order chi connectivity index (χ1) is 13.5. The van der Waals surface area contributed by atoms with Crippen LogP contribution in [0, 0.1) is 20.8 Å². The van der Waals surface area contributed by atoms with Gasteiger partial charge in [-0.3, -0.25) is 9.59 Å². The summed E-state index contributed by atoms with van der Waals surface area (Å²) in [6, 6.07) is 15.3. The summed E-state index contributed by atoms with van der Waals surface area (Å²) < 4.78 is 0. The largest absolute Gasteiger partial charge is 0.321 e. The number of aromatic amines is 1. The molecule has 0 spiro atoms. The molecule has 0 aliphatic heterocycles. The lowest BCUT2D eigenvalue weighted by Gasteiger charge is -2.07. The van der Waals surface area contributed by atoms with Crippen LogP contribution in [0.3, 0.4) is 0 Å². The maximum atomic E-state index is 12.8. The summed E-state index contributed by atoms with van der Waals surface area (Å²) >= 11 is 1.24. The molecular weight excluding hydrogens is 370 g/mol. The number of benzene rings is 2. The average molecular weight is 389 g/mol. The van der Waals surface area contributed by atoms with Crippen LogP contribution >= 0.6 is 11.3 Å². The van der Waals surface area contributed by atoms with E-state index in [1.807, 2.05) is 62.4 Å². The number of H-pyrrole nitrogens is 1. The number of fused-ring (bicyclic) bond motifs is 1. The molecular formula is C22H19N3O2S. The molecule has 5 nitrogen and oxygen atoms in total. The molecule has 2 N–H and O–H groups in total. The van der Waals surface area contributed by atoms with Gasteiger partial charge in [0.05, 0.1) is 10.3 Å². The number of aromatic nitrogens is 2.